The van der Waals surface area contributed by atoms with Crippen LogP contribution in [0.15, 0.2) is 36.9 Å². The van der Waals surface area contributed by atoms with Crippen LogP contribution in [0.3, 0.4) is 0 Å². The van der Waals surface area contributed by atoms with Crippen molar-refractivity contribution in [2.75, 3.05) is 37.9 Å². The second-order valence-corrected chi connectivity index (χ2v) is 14.9. The molecule has 1 aliphatic rings. The highest BCUT2D eigenvalue weighted by Crippen LogP contribution is 2.67. The van der Waals surface area contributed by atoms with E-state index in [1.165, 1.54) is 10.9 Å². The number of phosphoric acid groups is 3. The molecule has 24 heteroatoms. The standard InChI is InChI=1S/C24H36N7O14P3/c1-26-16-9-5-4-8-15(16)23(34)27-10-6-2-3-7-11-41-46(35,36)44-48(39,40)45-47(37,38)42-12-17-19(32)20(33)24(43-17)31-14-30-18-21(25)28-13-29-22(18)31/h4-5,8-9,13-14,17,19-20,24,26,32-33H,2-3,6-7,10-12H2,1H3,(H,27,34)(H,35,36)(H,37,38)(H,39,40)(H2,25,28,29)/t17-,19-,20-,24-/m1/s1. The topological polar surface area (TPSA) is 309 Å². The highest BCUT2D eigenvalue weighted by Gasteiger charge is 2.47. The first-order valence-corrected chi connectivity index (χ1v) is 18.8. The van der Waals surface area contributed by atoms with Crippen molar-refractivity contribution in [1.82, 2.24) is 24.8 Å². The van der Waals surface area contributed by atoms with Crippen molar-refractivity contribution in [3.63, 3.8) is 0 Å². The van der Waals surface area contributed by atoms with Gasteiger partial charge in [0.2, 0.25) is 0 Å². The molecular weight excluding hydrogens is 703 g/mol. The monoisotopic (exact) mass is 739 g/mol. The zero-order valence-corrected chi connectivity index (χ0v) is 28.0. The number of para-hydroxylation sites is 1. The van der Waals surface area contributed by atoms with E-state index in [0.29, 0.717) is 37.1 Å². The fraction of sp³-hybridized carbons (Fsp3) is 0.500. The lowest BCUT2D eigenvalue weighted by Crippen LogP contribution is -2.33. The molecule has 3 aromatic rings. The van der Waals surface area contributed by atoms with Gasteiger partial charge in [-0.05, 0) is 25.0 Å². The van der Waals surface area contributed by atoms with Crippen molar-refractivity contribution in [3.8, 4) is 0 Å². The van der Waals surface area contributed by atoms with Crippen molar-refractivity contribution in [2.45, 2.75) is 50.2 Å². The molecule has 9 N–H and O–H groups in total. The number of nitrogens with zero attached hydrogens (tertiary/aromatic N) is 4. The normalized spacial score (nSPS) is 23.3. The number of imidazole rings is 1. The molecule has 48 heavy (non-hydrogen) atoms. The molecule has 1 fully saturated rings. The van der Waals surface area contributed by atoms with Crippen LogP contribution >= 0.6 is 23.5 Å². The summed E-state index contributed by atoms with van der Waals surface area (Å²) in [5.41, 5.74) is 7.26. The molecule has 3 unspecified atom stereocenters. The molecule has 0 aliphatic carbocycles. The lowest BCUT2D eigenvalue weighted by Gasteiger charge is -2.20. The van der Waals surface area contributed by atoms with E-state index in [9.17, 15) is 43.4 Å². The molecule has 1 aliphatic heterocycles. The number of carbonyl (C=O) groups excluding carboxylic acids is 1. The van der Waals surface area contributed by atoms with Crippen molar-refractivity contribution >= 4 is 52.0 Å². The number of hydrogen-bond acceptors (Lipinski definition) is 16. The summed E-state index contributed by atoms with van der Waals surface area (Å²) in [5.74, 6) is -0.200. The number of ether oxygens (including phenoxy) is 1. The van der Waals surface area contributed by atoms with Crippen LogP contribution in [0, 0.1) is 0 Å². The second kappa shape index (κ2) is 16.2. The molecule has 4 rings (SSSR count). The first-order chi connectivity index (χ1) is 22.6. The largest absolute Gasteiger partial charge is 0.490 e. The number of aliphatic hydroxyl groups is 2. The van der Waals surface area contributed by atoms with E-state index in [0.717, 1.165) is 6.33 Å². The van der Waals surface area contributed by atoms with Gasteiger partial charge in [0.05, 0.1) is 25.1 Å². The predicted molar refractivity (Wildman–Crippen MR) is 166 cm³/mol. The average molecular weight is 740 g/mol. The maximum Gasteiger partial charge on any atom is 0.490 e. The predicted octanol–water partition coefficient (Wildman–Crippen LogP) is 1.43. The van der Waals surface area contributed by atoms with Gasteiger partial charge < -0.3 is 46.0 Å². The van der Waals surface area contributed by atoms with E-state index in [-0.39, 0.29) is 35.9 Å². The number of unbranched alkanes of at least 4 members (excludes halogenated alkanes) is 3. The van der Waals surface area contributed by atoms with Gasteiger partial charge in [0, 0.05) is 19.3 Å². The highest BCUT2D eigenvalue weighted by atomic mass is 31.3. The Morgan fingerprint density at radius 3 is 2.38 bits per heavy atom. The number of fused-ring (bicyclic) bond motifs is 1. The van der Waals surface area contributed by atoms with Gasteiger partial charge in [-0.25, -0.2) is 28.6 Å². The Kier molecular flexibility index (Phi) is 12.8. The van der Waals surface area contributed by atoms with Gasteiger partial charge in [-0.3, -0.25) is 18.4 Å². The smallest absolute Gasteiger partial charge is 0.387 e. The van der Waals surface area contributed by atoms with Gasteiger partial charge in [0.1, 0.15) is 30.2 Å². The Bertz CT molecular complexity index is 1710. The van der Waals surface area contributed by atoms with Crippen molar-refractivity contribution in [3.05, 3.63) is 42.5 Å². The summed E-state index contributed by atoms with van der Waals surface area (Å²) in [4.78, 5) is 53.7. The zero-order chi connectivity index (χ0) is 35.1. The third-order valence-electron chi connectivity index (χ3n) is 6.87. The summed E-state index contributed by atoms with van der Waals surface area (Å²) >= 11 is 0. The van der Waals surface area contributed by atoms with Gasteiger partial charge >= 0.3 is 23.5 Å². The SMILES string of the molecule is CNc1ccccc1C(=O)NCCCCCCOP(=O)(O)OP(=O)(O)OP(=O)(O)OC[C@H]1O[C@@H](n2cnc3c(N)ncnc32)[C@H](O)[C@@H]1O. The van der Waals surface area contributed by atoms with Crippen LogP contribution < -0.4 is 16.4 Å². The second-order valence-electron chi connectivity index (χ2n) is 10.3. The summed E-state index contributed by atoms with van der Waals surface area (Å²) < 4.78 is 60.9. The fourth-order valence-electron chi connectivity index (χ4n) is 4.60. The van der Waals surface area contributed by atoms with Gasteiger partial charge in [0.25, 0.3) is 5.91 Å². The Morgan fingerprint density at radius 1 is 0.958 bits per heavy atom. The maximum absolute atomic E-state index is 12.3. The van der Waals surface area contributed by atoms with Gasteiger partial charge in [0.15, 0.2) is 17.7 Å². The number of nitrogens with one attached hydrogen (secondary N) is 2. The summed E-state index contributed by atoms with van der Waals surface area (Å²) in [5, 5.41) is 26.6. The third-order valence-corrected chi connectivity index (χ3v) is 11.2. The van der Waals surface area contributed by atoms with Crippen LogP contribution in [0.5, 0.6) is 0 Å². The summed E-state index contributed by atoms with van der Waals surface area (Å²) in [6.07, 6.45) is -1.78. The minimum absolute atomic E-state index is 0.0420. The average Bonchev–Trinajstić information content (AvgIpc) is 3.57. The number of anilines is 2. The summed E-state index contributed by atoms with van der Waals surface area (Å²) in [6.45, 7) is -0.950. The lowest BCUT2D eigenvalue weighted by atomic mass is 10.1. The van der Waals surface area contributed by atoms with E-state index in [1.807, 2.05) is 0 Å². The van der Waals surface area contributed by atoms with Gasteiger partial charge in [-0.15, -0.1) is 0 Å². The van der Waals surface area contributed by atoms with Gasteiger partial charge in [-0.1, -0.05) is 25.0 Å². The van der Waals surface area contributed by atoms with E-state index in [4.69, 9.17) is 10.5 Å². The lowest BCUT2D eigenvalue weighted by molar-refractivity contribution is -0.0503. The minimum atomic E-state index is -5.73. The molecule has 1 aromatic carbocycles. The third kappa shape index (κ3) is 10.1. The van der Waals surface area contributed by atoms with E-state index in [2.05, 4.69) is 43.3 Å². The number of rotatable bonds is 18. The number of nitrogen functional groups attached to an aromatic ring is 1. The van der Waals surface area contributed by atoms with Crippen LogP contribution in [0.2, 0.25) is 0 Å². The molecule has 0 radical (unpaired) electrons. The Labute approximate surface area is 273 Å². The van der Waals surface area contributed by atoms with Crippen molar-refractivity contribution in [1.29, 1.82) is 0 Å². The number of amides is 1. The number of benzene rings is 1. The van der Waals surface area contributed by atoms with Crippen molar-refractivity contribution < 1.29 is 65.8 Å². The van der Waals surface area contributed by atoms with Crippen LogP contribution in [-0.2, 0) is 36.1 Å². The molecule has 1 amide bonds. The minimum Gasteiger partial charge on any atom is -0.387 e. The molecule has 0 bridgehead atoms. The van der Waals surface area contributed by atoms with E-state index in [1.54, 1.807) is 31.3 Å². The summed E-state index contributed by atoms with van der Waals surface area (Å²) in [7, 11) is -14.8. The molecular formula is C24H36N7O14P3. The molecule has 2 aromatic heterocycles. The molecule has 0 saturated carbocycles. The number of aromatic nitrogens is 4. The quantitative estimate of drug-likeness (QED) is 0.0675. The Balaban J connectivity index is 1.16. The Hall–Kier alpha value is -2.87. The number of carbonyl (C=O) groups is 1. The van der Waals surface area contributed by atoms with Gasteiger partial charge in [-0.2, -0.15) is 8.62 Å². The number of hydrogen-bond donors (Lipinski definition) is 8. The molecule has 266 valence electrons. The fourth-order valence-corrected chi connectivity index (χ4v) is 8.15. The van der Waals surface area contributed by atoms with Crippen molar-refractivity contribution in [2.24, 2.45) is 0 Å². The van der Waals surface area contributed by atoms with Crippen LogP contribution in [0.1, 0.15) is 42.3 Å². The molecule has 7 atom stereocenters. The number of nitrogens with two attached hydrogens (primary N) is 1. The Morgan fingerprint density at radius 2 is 1.65 bits per heavy atom. The molecule has 1 saturated heterocycles. The number of phosphoric ester groups is 2. The zero-order valence-electron chi connectivity index (χ0n) is 25.3. The van der Waals surface area contributed by atoms with Crippen LogP contribution in [0.4, 0.5) is 11.5 Å². The molecule has 0 spiro atoms. The van der Waals surface area contributed by atoms with E-state index < -0.39 is 54.6 Å². The molecule has 3 heterocycles. The maximum atomic E-state index is 12.3. The number of aliphatic hydroxyl groups excluding tert-OH is 2. The molecule has 21 nitrogen and oxygen atoms in total. The first-order valence-electron chi connectivity index (χ1n) is 14.3. The van der Waals surface area contributed by atoms with Crippen LogP contribution in [-0.4, -0.2) is 95.4 Å². The summed E-state index contributed by atoms with van der Waals surface area (Å²) in [6, 6.07) is 7.01. The van der Waals surface area contributed by atoms with E-state index >= 15 is 0 Å². The van der Waals surface area contributed by atoms with Crippen LogP contribution in [0.25, 0.3) is 11.2 Å². The highest BCUT2D eigenvalue weighted by molar-refractivity contribution is 7.66. The first kappa shape index (κ1) is 37.9.